The number of nitrogens with zero attached hydrogens (tertiary/aromatic N) is 1. The molecule has 0 unspecified atom stereocenters. The first-order chi connectivity index (χ1) is 10.1. The van der Waals surface area contributed by atoms with Crippen molar-refractivity contribution in [1.82, 2.24) is 0 Å². The average Bonchev–Trinajstić information content (AvgIpc) is 2.47. The van der Waals surface area contributed by atoms with Crippen molar-refractivity contribution in [3.8, 4) is 6.07 Å². The second-order valence-corrected chi connectivity index (χ2v) is 5.47. The molecule has 4 nitrogen and oxygen atoms in total. The van der Waals surface area contributed by atoms with Crippen molar-refractivity contribution < 1.29 is 9.53 Å². The summed E-state index contributed by atoms with van der Waals surface area (Å²) in [6.45, 7) is 0. The molecule has 21 heavy (non-hydrogen) atoms. The van der Waals surface area contributed by atoms with Crippen molar-refractivity contribution in [1.29, 1.82) is 5.26 Å². The first kappa shape index (κ1) is 13.7. The lowest BCUT2D eigenvalue weighted by molar-refractivity contribution is -0.116. The van der Waals surface area contributed by atoms with Gasteiger partial charge in [-0.2, -0.15) is 5.26 Å². The lowest BCUT2D eigenvalue weighted by Crippen LogP contribution is -2.27. The molecule has 0 amide bonds. The van der Waals surface area contributed by atoms with Crippen LogP contribution in [0, 0.1) is 11.3 Å². The van der Waals surface area contributed by atoms with Gasteiger partial charge in [-0.15, -0.1) is 0 Å². The van der Waals surface area contributed by atoms with Crippen molar-refractivity contribution in [3.63, 3.8) is 0 Å². The van der Waals surface area contributed by atoms with Gasteiger partial charge in [0.1, 0.15) is 17.4 Å². The Hall–Kier alpha value is -2.25. The number of carbonyl (C=O) groups excluding carboxylic acids is 1. The van der Waals surface area contributed by atoms with Crippen LogP contribution in [-0.2, 0) is 9.53 Å². The van der Waals surface area contributed by atoms with Gasteiger partial charge >= 0.3 is 0 Å². The Labute approximate surface area is 127 Å². The van der Waals surface area contributed by atoms with E-state index in [1.165, 1.54) is 0 Å². The van der Waals surface area contributed by atoms with E-state index in [2.05, 4.69) is 6.07 Å². The quantitative estimate of drug-likeness (QED) is 0.864. The van der Waals surface area contributed by atoms with E-state index >= 15 is 0 Å². The van der Waals surface area contributed by atoms with Gasteiger partial charge in [0.25, 0.3) is 0 Å². The summed E-state index contributed by atoms with van der Waals surface area (Å²) in [5.74, 6) is 0.116. The highest BCUT2D eigenvalue weighted by Crippen LogP contribution is 2.44. The zero-order valence-electron chi connectivity index (χ0n) is 11.2. The van der Waals surface area contributed by atoms with Crippen molar-refractivity contribution in [3.05, 3.63) is 57.6 Å². The Bertz CT molecular complexity index is 728. The lowest BCUT2D eigenvalue weighted by Gasteiger charge is -2.31. The van der Waals surface area contributed by atoms with E-state index in [0.29, 0.717) is 34.8 Å². The van der Waals surface area contributed by atoms with Crippen LogP contribution in [0.4, 0.5) is 0 Å². The molecule has 0 fully saturated rings. The van der Waals surface area contributed by atoms with E-state index < -0.39 is 5.92 Å². The van der Waals surface area contributed by atoms with Gasteiger partial charge in [0, 0.05) is 23.4 Å². The average molecular weight is 301 g/mol. The number of nitriles is 1. The van der Waals surface area contributed by atoms with E-state index in [1.54, 1.807) is 6.07 Å². The van der Waals surface area contributed by atoms with Crippen molar-refractivity contribution in [2.75, 3.05) is 0 Å². The molecular weight excluding hydrogens is 288 g/mol. The molecule has 0 bridgehead atoms. The standard InChI is InChI=1S/C16H13ClN2O2/c17-11-5-2-1-4-9(11)14-10(8-18)16(19)21-13-7-3-6-12(20)15(13)14/h1-2,4-5,14H,3,6-7,19H2/t14-/m0/s1. The summed E-state index contributed by atoms with van der Waals surface area (Å²) in [4.78, 5) is 12.3. The summed E-state index contributed by atoms with van der Waals surface area (Å²) in [5.41, 5.74) is 7.35. The van der Waals surface area contributed by atoms with E-state index in [9.17, 15) is 10.1 Å². The van der Waals surface area contributed by atoms with Gasteiger partial charge in [-0.3, -0.25) is 4.79 Å². The number of halogens is 1. The first-order valence-electron chi connectivity index (χ1n) is 6.71. The molecule has 1 aromatic rings. The maximum Gasteiger partial charge on any atom is 0.205 e. The summed E-state index contributed by atoms with van der Waals surface area (Å²) < 4.78 is 5.51. The monoisotopic (exact) mass is 300 g/mol. The third-order valence-electron chi connectivity index (χ3n) is 3.82. The van der Waals surface area contributed by atoms with Crippen LogP contribution in [0.3, 0.4) is 0 Å². The maximum absolute atomic E-state index is 12.3. The molecule has 0 radical (unpaired) electrons. The van der Waals surface area contributed by atoms with Gasteiger partial charge in [-0.25, -0.2) is 0 Å². The van der Waals surface area contributed by atoms with Crippen LogP contribution in [-0.4, -0.2) is 5.78 Å². The first-order valence-corrected chi connectivity index (χ1v) is 7.09. The van der Waals surface area contributed by atoms with E-state index in [1.807, 2.05) is 18.2 Å². The van der Waals surface area contributed by atoms with Crippen LogP contribution in [0.15, 0.2) is 47.1 Å². The zero-order valence-corrected chi connectivity index (χ0v) is 12.0. The molecule has 0 saturated carbocycles. The highest BCUT2D eigenvalue weighted by molar-refractivity contribution is 6.31. The maximum atomic E-state index is 12.3. The third-order valence-corrected chi connectivity index (χ3v) is 4.17. The molecule has 1 aliphatic heterocycles. The minimum atomic E-state index is -0.528. The van der Waals surface area contributed by atoms with Crippen molar-refractivity contribution >= 4 is 17.4 Å². The Balaban J connectivity index is 2.23. The van der Waals surface area contributed by atoms with E-state index in [-0.39, 0.29) is 17.2 Å². The summed E-state index contributed by atoms with van der Waals surface area (Å²) >= 11 is 6.26. The summed E-state index contributed by atoms with van der Waals surface area (Å²) in [7, 11) is 0. The number of carbonyl (C=O) groups is 1. The van der Waals surface area contributed by atoms with Gasteiger partial charge in [0.05, 0.1) is 5.92 Å². The van der Waals surface area contributed by atoms with Gasteiger partial charge < -0.3 is 10.5 Å². The number of ketones is 1. The molecule has 1 aliphatic carbocycles. The molecule has 1 atom stereocenters. The Morgan fingerprint density at radius 1 is 1.33 bits per heavy atom. The summed E-state index contributed by atoms with van der Waals surface area (Å²) in [6.07, 6.45) is 1.85. The molecule has 106 valence electrons. The fourth-order valence-electron chi connectivity index (χ4n) is 2.88. The van der Waals surface area contributed by atoms with E-state index in [4.69, 9.17) is 22.1 Å². The molecule has 0 aromatic heterocycles. The molecule has 2 N–H and O–H groups in total. The highest BCUT2D eigenvalue weighted by Gasteiger charge is 2.38. The molecular formula is C16H13ClN2O2. The Morgan fingerprint density at radius 3 is 2.81 bits per heavy atom. The SMILES string of the molecule is N#CC1=C(N)OC2=C(C(=O)CCC2)[C@H]1c1ccccc1Cl. The predicted octanol–water partition coefficient (Wildman–Crippen LogP) is 3.15. The molecule has 2 aliphatic rings. The largest absolute Gasteiger partial charge is 0.444 e. The molecule has 5 heteroatoms. The number of hydrogen-bond donors (Lipinski definition) is 1. The number of benzene rings is 1. The van der Waals surface area contributed by atoms with Crippen LogP contribution in [0.1, 0.15) is 30.7 Å². The number of rotatable bonds is 1. The molecule has 0 spiro atoms. The van der Waals surface area contributed by atoms with Crippen LogP contribution in [0.5, 0.6) is 0 Å². The minimum absolute atomic E-state index is 0.00131. The lowest BCUT2D eigenvalue weighted by atomic mass is 9.77. The second-order valence-electron chi connectivity index (χ2n) is 5.06. The smallest absolute Gasteiger partial charge is 0.205 e. The fraction of sp³-hybridized carbons (Fsp3) is 0.250. The minimum Gasteiger partial charge on any atom is -0.444 e. The number of allylic oxidation sites excluding steroid dienone is 3. The fourth-order valence-corrected chi connectivity index (χ4v) is 3.12. The third kappa shape index (κ3) is 2.20. The molecule has 1 aromatic carbocycles. The van der Waals surface area contributed by atoms with Gasteiger partial charge in [0.15, 0.2) is 5.78 Å². The number of Topliss-reactive ketones (excluding diaryl/α,β-unsaturated/α-hetero) is 1. The second kappa shape index (κ2) is 5.27. The Kier molecular flexibility index (Phi) is 3.44. The number of nitrogens with two attached hydrogens (primary N) is 1. The van der Waals surface area contributed by atoms with Gasteiger partial charge in [0.2, 0.25) is 5.88 Å². The normalized spacial score (nSPS) is 21.7. The predicted molar refractivity (Wildman–Crippen MR) is 78.0 cm³/mol. The topological polar surface area (TPSA) is 76.1 Å². The van der Waals surface area contributed by atoms with Crippen LogP contribution in [0.25, 0.3) is 0 Å². The number of ether oxygens (including phenoxy) is 1. The summed E-state index contributed by atoms with van der Waals surface area (Å²) in [6, 6.07) is 9.26. The van der Waals surface area contributed by atoms with Crippen LogP contribution < -0.4 is 5.73 Å². The van der Waals surface area contributed by atoms with Crippen LogP contribution in [0.2, 0.25) is 5.02 Å². The van der Waals surface area contributed by atoms with Gasteiger partial charge in [-0.05, 0) is 18.1 Å². The Morgan fingerprint density at radius 2 is 2.10 bits per heavy atom. The molecule has 0 saturated heterocycles. The van der Waals surface area contributed by atoms with Gasteiger partial charge in [-0.1, -0.05) is 29.8 Å². The molecule has 3 rings (SSSR count). The van der Waals surface area contributed by atoms with E-state index in [0.717, 1.165) is 6.42 Å². The molecule has 1 heterocycles. The zero-order chi connectivity index (χ0) is 15.0. The van der Waals surface area contributed by atoms with Crippen molar-refractivity contribution in [2.24, 2.45) is 5.73 Å². The number of hydrogen-bond acceptors (Lipinski definition) is 4. The van der Waals surface area contributed by atoms with Crippen molar-refractivity contribution in [2.45, 2.75) is 25.2 Å². The summed E-state index contributed by atoms with van der Waals surface area (Å²) in [5, 5.41) is 9.93. The van der Waals surface area contributed by atoms with Crippen LogP contribution >= 0.6 is 11.6 Å². The highest BCUT2D eigenvalue weighted by atomic mass is 35.5.